The van der Waals surface area contributed by atoms with Crippen molar-refractivity contribution >= 4 is 45.9 Å². The van der Waals surface area contributed by atoms with Gasteiger partial charge in [0.05, 0.1) is 34.6 Å². The molecule has 0 fully saturated rings. The molecule has 0 saturated heterocycles. The number of hydrogen-bond donors (Lipinski definition) is 0. The Bertz CT molecular complexity index is 2210. The molecule has 6 heteroatoms. The van der Waals surface area contributed by atoms with Gasteiger partial charge < -0.3 is 9.80 Å². The summed E-state index contributed by atoms with van der Waals surface area (Å²) in [5.74, 6) is 0. The van der Waals surface area contributed by atoms with Crippen LogP contribution in [0.4, 0.5) is 34.1 Å². The van der Waals surface area contributed by atoms with Gasteiger partial charge in [-0.1, -0.05) is 110 Å². The lowest BCUT2D eigenvalue weighted by Gasteiger charge is -2.42. The summed E-state index contributed by atoms with van der Waals surface area (Å²) in [6.07, 6.45) is 2.01. The average molecular weight is 654 g/mol. The highest BCUT2D eigenvalue weighted by molar-refractivity contribution is 7.99. The van der Waals surface area contributed by atoms with Crippen LogP contribution in [-0.4, -0.2) is 15.0 Å². The Morgan fingerprint density at radius 2 is 1.04 bits per heavy atom. The van der Waals surface area contributed by atoms with E-state index in [1.807, 2.05) is 22.6 Å². The van der Waals surface area contributed by atoms with Gasteiger partial charge in [0.25, 0.3) is 0 Å². The van der Waals surface area contributed by atoms with Crippen LogP contribution in [0.3, 0.4) is 0 Å². The Morgan fingerprint density at radius 3 is 1.65 bits per heavy atom. The molecular formula is C43H35N5S. The van der Waals surface area contributed by atoms with E-state index in [4.69, 9.17) is 0 Å². The van der Waals surface area contributed by atoms with Crippen LogP contribution < -0.4 is 9.80 Å². The van der Waals surface area contributed by atoms with Gasteiger partial charge in [-0.2, -0.15) is 0 Å². The zero-order valence-electron chi connectivity index (χ0n) is 27.5. The van der Waals surface area contributed by atoms with Gasteiger partial charge in [-0.25, -0.2) is 4.68 Å². The third kappa shape index (κ3) is 5.12. The van der Waals surface area contributed by atoms with E-state index < -0.39 is 0 Å². The minimum absolute atomic E-state index is 0.0998. The van der Waals surface area contributed by atoms with Gasteiger partial charge in [-0.15, -0.1) is 18.3 Å². The number of hydrogen-bond acceptors (Lipinski definition) is 5. The number of rotatable bonds is 4. The fourth-order valence-corrected chi connectivity index (χ4v) is 8.07. The lowest BCUT2D eigenvalue weighted by molar-refractivity contribution is 0.632. The van der Waals surface area contributed by atoms with Gasteiger partial charge in [0.2, 0.25) is 0 Å². The lowest BCUT2D eigenvalue weighted by atomic mass is 9.73. The normalized spacial score (nSPS) is 13.7. The molecule has 0 amide bonds. The van der Waals surface area contributed by atoms with Crippen LogP contribution in [-0.2, 0) is 5.41 Å². The molecule has 0 N–H and O–H groups in total. The van der Waals surface area contributed by atoms with Crippen molar-refractivity contribution in [3.05, 3.63) is 176 Å². The van der Waals surface area contributed by atoms with E-state index in [1.54, 1.807) is 0 Å². The maximum Gasteiger partial charge on any atom is 0.113 e. The van der Waals surface area contributed by atoms with Crippen molar-refractivity contribution in [1.82, 2.24) is 15.0 Å². The zero-order chi connectivity index (χ0) is 33.5. The van der Waals surface area contributed by atoms with Crippen LogP contribution in [0.2, 0.25) is 0 Å². The minimum Gasteiger partial charge on any atom is -0.310 e. The van der Waals surface area contributed by atoms with Gasteiger partial charge in [-0.3, -0.25) is 0 Å². The van der Waals surface area contributed by atoms with Crippen molar-refractivity contribution in [2.75, 3.05) is 9.80 Å². The SMILES string of the molecule is C=C.CC1(C)c2ccccc2N(c2cccc(-n3cc(-c4ccc(N5c6ccccc6Sc6ccccc65)cc4)nn3)c2)c2ccccc21. The molecule has 0 bridgehead atoms. The fraction of sp³-hybridized carbons (Fsp3) is 0.0698. The van der Waals surface area contributed by atoms with Gasteiger partial charge in [0, 0.05) is 32.1 Å². The molecule has 1 aromatic heterocycles. The molecule has 2 aliphatic heterocycles. The van der Waals surface area contributed by atoms with Gasteiger partial charge in [-0.05, 0) is 77.9 Å². The van der Waals surface area contributed by atoms with E-state index in [-0.39, 0.29) is 5.41 Å². The second kappa shape index (κ2) is 12.3. The van der Waals surface area contributed by atoms with Crippen molar-refractivity contribution in [3.8, 4) is 16.9 Å². The summed E-state index contributed by atoms with van der Waals surface area (Å²) in [6.45, 7) is 10.6. The van der Waals surface area contributed by atoms with Gasteiger partial charge in [0.1, 0.15) is 5.69 Å². The summed E-state index contributed by atoms with van der Waals surface area (Å²) in [5, 5.41) is 9.16. The third-order valence-electron chi connectivity index (χ3n) is 9.34. The van der Waals surface area contributed by atoms with Crippen LogP contribution in [0.15, 0.2) is 175 Å². The number of nitrogens with zero attached hydrogens (tertiary/aromatic N) is 5. The first-order chi connectivity index (χ1) is 24.1. The molecule has 6 aromatic carbocycles. The van der Waals surface area contributed by atoms with Gasteiger partial charge >= 0.3 is 0 Å². The van der Waals surface area contributed by atoms with Crippen molar-refractivity contribution in [2.24, 2.45) is 0 Å². The molecular weight excluding hydrogens is 619 g/mol. The highest BCUT2D eigenvalue weighted by atomic mass is 32.2. The van der Waals surface area contributed by atoms with Crippen LogP contribution >= 0.6 is 11.8 Å². The first-order valence-electron chi connectivity index (χ1n) is 16.3. The Morgan fingerprint density at radius 1 is 0.531 bits per heavy atom. The Balaban J connectivity index is 0.00000171. The Hall–Kier alpha value is -5.85. The van der Waals surface area contributed by atoms with E-state index in [1.165, 1.54) is 43.7 Å². The Kier molecular flexibility index (Phi) is 7.66. The number of benzene rings is 6. The highest BCUT2D eigenvalue weighted by Gasteiger charge is 2.36. The van der Waals surface area contributed by atoms with Crippen molar-refractivity contribution in [3.63, 3.8) is 0 Å². The zero-order valence-corrected chi connectivity index (χ0v) is 28.3. The summed E-state index contributed by atoms with van der Waals surface area (Å²) in [6, 6.07) is 51.8. The fourth-order valence-electron chi connectivity index (χ4n) is 7.01. The van der Waals surface area contributed by atoms with E-state index in [0.717, 1.165) is 28.3 Å². The van der Waals surface area contributed by atoms with Gasteiger partial charge in [0.15, 0.2) is 0 Å². The predicted molar refractivity (Wildman–Crippen MR) is 204 cm³/mol. The molecule has 0 radical (unpaired) electrons. The van der Waals surface area contributed by atoms with Crippen LogP contribution in [0.5, 0.6) is 0 Å². The Labute approximate surface area is 291 Å². The molecule has 5 nitrogen and oxygen atoms in total. The van der Waals surface area contributed by atoms with Crippen molar-refractivity contribution in [2.45, 2.75) is 29.1 Å². The van der Waals surface area contributed by atoms with E-state index in [9.17, 15) is 0 Å². The molecule has 3 heterocycles. The van der Waals surface area contributed by atoms with E-state index in [2.05, 4.69) is 193 Å². The lowest BCUT2D eigenvalue weighted by Crippen LogP contribution is -2.30. The minimum atomic E-state index is -0.0998. The van der Waals surface area contributed by atoms with Crippen molar-refractivity contribution in [1.29, 1.82) is 0 Å². The predicted octanol–water partition coefficient (Wildman–Crippen LogP) is 11.8. The molecule has 0 saturated carbocycles. The summed E-state index contributed by atoms with van der Waals surface area (Å²) in [5.41, 5.74) is 12.3. The van der Waals surface area contributed by atoms with Crippen LogP contribution in [0.1, 0.15) is 25.0 Å². The molecule has 9 rings (SSSR count). The molecule has 0 unspecified atom stereocenters. The maximum atomic E-state index is 4.59. The standard InChI is InChI=1S/C41H31N5S.C2H4/c1-41(2)32-14-3-5-16-35(32)46(36-17-6-4-15-33(36)41)31-13-11-12-30(26-31)44-27-34(42-43-44)28-22-24-29(25-23-28)45-37-18-7-9-20-39(37)47-40-21-10-8-19-38(40)45;1-2/h3-27H,1-2H3;1-2H2. The molecule has 0 spiro atoms. The van der Waals surface area contributed by atoms with Crippen LogP contribution in [0.25, 0.3) is 16.9 Å². The molecule has 7 aromatic rings. The summed E-state index contributed by atoms with van der Waals surface area (Å²) >= 11 is 1.82. The number of para-hydroxylation sites is 4. The topological polar surface area (TPSA) is 37.2 Å². The molecule has 0 atom stereocenters. The van der Waals surface area contributed by atoms with E-state index in [0.29, 0.717) is 0 Å². The second-order valence-electron chi connectivity index (χ2n) is 12.5. The second-order valence-corrected chi connectivity index (χ2v) is 13.6. The number of anilines is 6. The number of aromatic nitrogens is 3. The largest absolute Gasteiger partial charge is 0.310 e. The summed E-state index contributed by atoms with van der Waals surface area (Å²) in [4.78, 5) is 7.21. The van der Waals surface area contributed by atoms with E-state index >= 15 is 0 Å². The quantitative estimate of drug-likeness (QED) is 0.177. The summed E-state index contributed by atoms with van der Waals surface area (Å²) < 4.78 is 1.87. The summed E-state index contributed by atoms with van der Waals surface area (Å²) in [7, 11) is 0. The van der Waals surface area contributed by atoms with Crippen LogP contribution in [0, 0.1) is 0 Å². The average Bonchev–Trinajstić information content (AvgIpc) is 3.66. The molecule has 49 heavy (non-hydrogen) atoms. The molecule has 238 valence electrons. The molecule has 2 aliphatic rings. The molecule has 0 aliphatic carbocycles. The smallest absolute Gasteiger partial charge is 0.113 e. The first kappa shape index (κ1) is 30.5. The van der Waals surface area contributed by atoms with Crippen molar-refractivity contribution < 1.29 is 0 Å². The number of fused-ring (bicyclic) bond motifs is 4. The monoisotopic (exact) mass is 653 g/mol. The highest BCUT2D eigenvalue weighted by Crippen LogP contribution is 2.53. The maximum absolute atomic E-state index is 4.59. The third-order valence-corrected chi connectivity index (χ3v) is 10.5. The first-order valence-corrected chi connectivity index (χ1v) is 17.2.